The van der Waals surface area contributed by atoms with Crippen molar-refractivity contribution in [3.05, 3.63) is 33.0 Å². The van der Waals surface area contributed by atoms with E-state index >= 15 is 0 Å². The number of nitrogens with one attached hydrogen (secondary N) is 1. The average Bonchev–Trinajstić information content (AvgIpc) is 2.77. The molecule has 2 heterocycles. The van der Waals surface area contributed by atoms with Gasteiger partial charge in [0.2, 0.25) is 0 Å². The van der Waals surface area contributed by atoms with E-state index in [9.17, 15) is 9.59 Å². The summed E-state index contributed by atoms with van der Waals surface area (Å²) >= 11 is 6.90. The minimum atomic E-state index is -1.26. The van der Waals surface area contributed by atoms with Gasteiger partial charge in [-0.25, -0.2) is 9.59 Å². The van der Waals surface area contributed by atoms with Gasteiger partial charge >= 0.3 is 11.9 Å². The van der Waals surface area contributed by atoms with Gasteiger partial charge in [0, 0.05) is 25.2 Å². The number of hydrogen-bond donors (Lipinski definition) is 3. The number of carbonyl (C=O) groups is 2. The SMILES string of the molecule is CN1CCC=C(c2n[nH]c(Br)c2Br)C1.O=C(O)/C=C\C(=O)O. The minimum Gasteiger partial charge on any atom is -0.478 e. The van der Waals surface area contributed by atoms with Crippen LogP contribution in [0.2, 0.25) is 0 Å². The lowest BCUT2D eigenvalue weighted by Gasteiger charge is -2.21. The van der Waals surface area contributed by atoms with Crippen LogP contribution in [-0.2, 0) is 9.59 Å². The highest BCUT2D eigenvalue weighted by atomic mass is 79.9. The van der Waals surface area contributed by atoms with Crippen LogP contribution in [-0.4, -0.2) is 57.4 Å². The monoisotopic (exact) mass is 435 g/mol. The summed E-state index contributed by atoms with van der Waals surface area (Å²) in [6.45, 7) is 2.10. The number of carboxylic acids is 2. The molecule has 1 aromatic heterocycles. The molecule has 0 unspecified atom stereocenters. The third-order valence-corrected chi connectivity index (χ3v) is 4.56. The number of aliphatic carboxylic acids is 2. The van der Waals surface area contributed by atoms with E-state index < -0.39 is 11.9 Å². The standard InChI is InChI=1S/C9H11Br2N3.C4H4O4/c1-14-4-2-3-6(5-14)8-7(10)9(11)13-12-8;5-3(6)1-2-4(7)8/h3H,2,4-5H2,1H3,(H,12,13);1-2H,(H,5,6)(H,7,8)/b;2-1-. The predicted octanol–water partition coefficient (Wildman–Crippen LogP) is 2.37. The maximum Gasteiger partial charge on any atom is 0.328 e. The zero-order valence-electron chi connectivity index (χ0n) is 11.7. The molecule has 0 spiro atoms. The van der Waals surface area contributed by atoms with Crippen LogP contribution in [0.4, 0.5) is 0 Å². The lowest BCUT2D eigenvalue weighted by atomic mass is 10.1. The number of aromatic amines is 1. The zero-order chi connectivity index (χ0) is 16.7. The Balaban J connectivity index is 0.000000261. The number of halogens is 2. The van der Waals surface area contributed by atoms with Gasteiger partial charge in [-0.2, -0.15) is 5.10 Å². The van der Waals surface area contributed by atoms with Crippen LogP contribution >= 0.6 is 31.9 Å². The molecular weight excluding hydrogens is 422 g/mol. The van der Waals surface area contributed by atoms with E-state index in [0.717, 1.165) is 34.3 Å². The third kappa shape index (κ3) is 6.12. The zero-order valence-corrected chi connectivity index (χ0v) is 14.9. The minimum absolute atomic E-state index is 0.558. The number of nitrogens with zero attached hydrogens (tertiary/aromatic N) is 2. The fourth-order valence-electron chi connectivity index (χ4n) is 1.73. The Bertz CT molecular complexity index is 594. The Hall–Kier alpha value is -1.45. The van der Waals surface area contributed by atoms with Crippen molar-refractivity contribution in [3.8, 4) is 0 Å². The van der Waals surface area contributed by atoms with Crippen LogP contribution in [0.5, 0.6) is 0 Å². The van der Waals surface area contributed by atoms with Gasteiger partial charge < -0.3 is 15.1 Å². The number of H-pyrrole nitrogens is 1. The fourth-order valence-corrected chi connectivity index (χ4v) is 2.44. The van der Waals surface area contributed by atoms with Gasteiger partial charge in [0.05, 0.1) is 4.47 Å². The molecule has 22 heavy (non-hydrogen) atoms. The van der Waals surface area contributed by atoms with Crippen molar-refractivity contribution in [2.24, 2.45) is 0 Å². The van der Waals surface area contributed by atoms with Gasteiger partial charge in [0.25, 0.3) is 0 Å². The Morgan fingerprint density at radius 2 is 1.91 bits per heavy atom. The van der Waals surface area contributed by atoms with Gasteiger partial charge in [0.1, 0.15) is 10.3 Å². The van der Waals surface area contributed by atoms with Crippen molar-refractivity contribution < 1.29 is 19.8 Å². The lowest BCUT2D eigenvalue weighted by Crippen LogP contribution is -2.25. The van der Waals surface area contributed by atoms with E-state index in [0.29, 0.717) is 12.2 Å². The molecule has 120 valence electrons. The molecule has 1 aliphatic rings. The maximum atomic E-state index is 9.55. The molecule has 0 amide bonds. The molecule has 0 saturated carbocycles. The van der Waals surface area contributed by atoms with Crippen molar-refractivity contribution in [1.29, 1.82) is 0 Å². The molecule has 0 bridgehead atoms. The average molecular weight is 437 g/mol. The second-order valence-corrected chi connectivity index (χ2v) is 6.05. The molecule has 3 N–H and O–H groups in total. The highest BCUT2D eigenvalue weighted by molar-refractivity contribution is 9.13. The topological polar surface area (TPSA) is 107 Å². The normalized spacial score (nSPS) is 15.1. The Kier molecular flexibility index (Phi) is 7.49. The number of likely N-dealkylation sites (N-methyl/N-ethyl adjacent to an activating group) is 1. The van der Waals surface area contributed by atoms with Crippen molar-refractivity contribution >= 4 is 49.4 Å². The van der Waals surface area contributed by atoms with Gasteiger partial charge in [-0.15, -0.1) is 0 Å². The highest BCUT2D eigenvalue weighted by Crippen LogP contribution is 2.30. The summed E-state index contributed by atoms with van der Waals surface area (Å²) in [7, 11) is 2.13. The van der Waals surface area contributed by atoms with Crippen molar-refractivity contribution in [2.75, 3.05) is 20.1 Å². The first-order valence-corrected chi connectivity index (χ1v) is 7.81. The molecule has 0 saturated heterocycles. The van der Waals surface area contributed by atoms with Crippen LogP contribution in [0, 0.1) is 0 Å². The van der Waals surface area contributed by atoms with E-state index in [-0.39, 0.29) is 0 Å². The fraction of sp³-hybridized carbons (Fsp3) is 0.308. The highest BCUT2D eigenvalue weighted by Gasteiger charge is 2.16. The number of rotatable bonds is 3. The molecular formula is C13H15Br2N3O4. The molecule has 1 aromatic rings. The molecule has 9 heteroatoms. The van der Waals surface area contributed by atoms with Crippen LogP contribution in [0.25, 0.3) is 5.57 Å². The summed E-state index contributed by atoms with van der Waals surface area (Å²) in [6.07, 6.45) is 4.47. The van der Waals surface area contributed by atoms with E-state index in [2.05, 4.69) is 60.1 Å². The van der Waals surface area contributed by atoms with Crippen molar-refractivity contribution in [2.45, 2.75) is 6.42 Å². The second kappa shape index (κ2) is 8.86. The van der Waals surface area contributed by atoms with E-state index in [1.807, 2.05) is 0 Å². The number of carboxylic acid groups (broad SMARTS) is 2. The molecule has 0 aromatic carbocycles. The predicted molar refractivity (Wildman–Crippen MR) is 88.5 cm³/mol. The third-order valence-electron chi connectivity index (χ3n) is 2.68. The molecule has 0 atom stereocenters. The number of aromatic nitrogens is 2. The van der Waals surface area contributed by atoms with Gasteiger partial charge in [-0.1, -0.05) is 6.08 Å². The summed E-state index contributed by atoms with van der Waals surface area (Å²) in [4.78, 5) is 21.4. The van der Waals surface area contributed by atoms with Crippen molar-refractivity contribution in [3.63, 3.8) is 0 Å². The van der Waals surface area contributed by atoms with E-state index in [1.54, 1.807) is 0 Å². The second-order valence-electron chi connectivity index (χ2n) is 4.47. The quantitative estimate of drug-likeness (QED) is 0.628. The largest absolute Gasteiger partial charge is 0.478 e. The molecule has 2 rings (SSSR count). The smallest absolute Gasteiger partial charge is 0.328 e. The molecule has 0 radical (unpaired) electrons. The summed E-state index contributed by atoms with van der Waals surface area (Å²) in [5, 5.41) is 22.8. The summed E-state index contributed by atoms with van der Waals surface area (Å²) in [6, 6.07) is 0. The van der Waals surface area contributed by atoms with Crippen LogP contribution in [0.15, 0.2) is 27.3 Å². The molecule has 7 nitrogen and oxygen atoms in total. The maximum absolute atomic E-state index is 9.55. The first-order valence-electron chi connectivity index (χ1n) is 6.22. The summed E-state index contributed by atoms with van der Waals surface area (Å²) in [5.74, 6) is -2.51. The lowest BCUT2D eigenvalue weighted by molar-refractivity contribution is -0.134. The first-order chi connectivity index (χ1) is 10.3. The van der Waals surface area contributed by atoms with Crippen molar-refractivity contribution in [1.82, 2.24) is 15.1 Å². The summed E-state index contributed by atoms with van der Waals surface area (Å²) in [5.41, 5.74) is 2.30. The Morgan fingerprint density at radius 3 is 2.32 bits per heavy atom. The van der Waals surface area contributed by atoms with E-state index in [4.69, 9.17) is 10.2 Å². The van der Waals surface area contributed by atoms with Gasteiger partial charge in [-0.3, -0.25) is 5.10 Å². The van der Waals surface area contributed by atoms with Gasteiger partial charge in [-0.05, 0) is 50.9 Å². The number of hydrogen-bond acceptors (Lipinski definition) is 4. The Morgan fingerprint density at radius 1 is 1.32 bits per heavy atom. The van der Waals surface area contributed by atoms with E-state index in [1.165, 1.54) is 5.57 Å². The van der Waals surface area contributed by atoms with Crippen LogP contribution in [0.1, 0.15) is 12.1 Å². The first kappa shape index (κ1) is 18.6. The molecule has 1 aliphatic heterocycles. The molecule has 0 fully saturated rings. The molecule has 0 aliphatic carbocycles. The van der Waals surface area contributed by atoms with Gasteiger partial charge in [0.15, 0.2) is 0 Å². The summed E-state index contributed by atoms with van der Waals surface area (Å²) < 4.78 is 1.92. The van der Waals surface area contributed by atoms with Crippen LogP contribution in [0.3, 0.4) is 0 Å². The Labute approximate surface area is 144 Å². The van der Waals surface area contributed by atoms with Crippen LogP contribution < -0.4 is 0 Å².